The number of benzene rings is 1. The van der Waals surface area contributed by atoms with Crippen LogP contribution in [0.25, 0.3) is 11.3 Å². The van der Waals surface area contributed by atoms with Gasteiger partial charge in [-0.3, -0.25) is 0 Å². The van der Waals surface area contributed by atoms with Crippen molar-refractivity contribution in [1.29, 1.82) is 0 Å². The van der Waals surface area contributed by atoms with Crippen molar-refractivity contribution in [3.8, 4) is 11.3 Å². The molecule has 0 atom stereocenters. The Morgan fingerprint density at radius 2 is 1.70 bits per heavy atom. The van der Waals surface area contributed by atoms with Crippen LogP contribution in [0.15, 0.2) is 47.1 Å². The fraction of sp³-hybridized carbons (Fsp3) is 0.524. The van der Waals surface area contributed by atoms with Crippen LogP contribution in [0.1, 0.15) is 44.1 Å². The molecule has 0 spiro atoms. The molecule has 120 valence electrons. The van der Waals surface area contributed by atoms with E-state index in [1.807, 2.05) is 12.1 Å². The standard InChI is InChI=1S/C21H25NO/c1-3-15(10-19(4-1)20-5-2-6-23-20)14-22-21-11-16-7-17(12-21)9-18(8-16)13-21/h1-6,10,16-18,22H,7-9,11-14H2. The number of nitrogens with one attached hydrogen (secondary N) is 1. The Kier molecular flexibility index (Phi) is 3.16. The van der Waals surface area contributed by atoms with Crippen LogP contribution >= 0.6 is 0 Å². The predicted molar refractivity (Wildman–Crippen MR) is 91.9 cm³/mol. The van der Waals surface area contributed by atoms with Crippen molar-refractivity contribution in [2.24, 2.45) is 17.8 Å². The van der Waals surface area contributed by atoms with Crippen molar-refractivity contribution in [1.82, 2.24) is 5.32 Å². The average molecular weight is 307 g/mol. The van der Waals surface area contributed by atoms with Gasteiger partial charge in [0.1, 0.15) is 5.76 Å². The molecule has 0 aliphatic heterocycles. The smallest absolute Gasteiger partial charge is 0.133 e. The van der Waals surface area contributed by atoms with Crippen molar-refractivity contribution in [3.63, 3.8) is 0 Å². The molecule has 1 N–H and O–H groups in total. The van der Waals surface area contributed by atoms with E-state index in [2.05, 4.69) is 29.6 Å². The van der Waals surface area contributed by atoms with E-state index >= 15 is 0 Å². The molecule has 6 rings (SSSR count). The van der Waals surface area contributed by atoms with Crippen molar-refractivity contribution in [3.05, 3.63) is 48.2 Å². The average Bonchev–Trinajstić information content (AvgIpc) is 3.07. The van der Waals surface area contributed by atoms with E-state index in [1.165, 1.54) is 49.7 Å². The Hall–Kier alpha value is -1.54. The van der Waals surface area contributed by atoms with E-state index < -0.39 is 0 Å². The van der Waals surface area contributed by atoms with Gasteiger partial charge >= 0.3 is 0 Å². The summed E-state index contributed by atoms with van der Waals surface area (Å²) in [5, 5.41) is 3.99. The minimum atomic E-state index is 0.440. The van der Waals surface area contributed by atoms with E-state index in [4.69, 9.17) is 4.42 Å². The van der Waals surface area contributed by atoms with Gasteiger partial charge in [0.2, 0.25) is 0 Å². The van der Waals surface area contributed by atoms with Crippen LogP contribution in [0.5, 0.6) is 0 Å². The molecule has 4 saturated carbocycles. The maximum atomic E-state index is 5.53. The van der Waals surface area contributed by atoms with E-state index in [9.17, 15) is 0 Å². The molecule has 1 heterocycles. The molecule has 2 heteroatoms. The van der Waals surface area contributed by atoms with Crippen LogP contribution < -0.4 is 5.32 Å². The fourth-order valence-electron chi connectivity index (χ4n) is 5.89. The SMILES string of the molecule is c1cc(CNC23CC4CC(CC(C4)C2)C3)cc(-c2ccco2)c1. The quantitative estimate of drug-likeness (QED) is 0.859. The van der Waals surface area contributed by atoms with Gasteiger partial charge in [0.25, 0.3) is 0 Å². The first-order chi connectivity index (χ1) is 11.3. The molecule has 0 amide bonds. The summed E-state index contributed by atoms with van der Waals surface area (Å²) in [7, 11) is 0. The lowest BCUT2D eigenvalue weighted by molar-refractivity contribution is -0.0206. The molecule has 4 aliphatic rings. The van der Waals surface area contributed by atoms with Crippen LogP contribution in [-0.4, -0.2) is 5.54 Å². The maximum Gasteiger partial charge on any atom is 0.133 e. The topological polar surface area (TPSA) is 25.2 Å². The number of hydrogen-bond acceptors (Lipinski definition) is 2. The third-order valence-corrected chi connectivity index (χ3v) is 6.44. The van der Waals surface area contributed by atoms with Crippen LogP contribution in [0.3, 0.4) is 0 Å². The van der Waals surface area contributed by atoms with Crippen LogP contribution in [-0.2, 0) is 6.54 Å². The summed E-state index contributed by atoms with van der Waals surface area (Å²) >= 11 is 0. The van der Waals surface area contributed by atoms with E-state index in [0.29, 0.717) is 5.54 Å². The van der Waals surface area contributed by atoms with Gasteiger partial charge in [0, 0.05) is 17.6 Å². The highest BCUT2D eigenvalue weighted by molar-refractivity contribution is 5.58. The van der Waals surface area contributed by atoms with Crippen molar-refractivity contribution in [2.45, 2.75) is 50.6 Å². The second-order valence-electron chi connectivity index (χ2n) is 8.23. The zero-order chi connectivity index (χ0) is 15.3. The van der Waals surface area contributed by atoms with Gasteiger partial charge in [-0.1, -0.05) is 18.2 Å². The second kappa shape index (κ2) is 5.24. The third-order valence-electron chi connectivity index (χ3n) is 6.44. The number of furan rings is 1. The molecule has 2 aromatic rings. The summed E-state index contributed by atoms with van der Waals surface area (Å²) in [5.74, 6) is 3.97. The van der Waals surface area contributed by atoms with Gasteiger partial charge in [-0.05, 0) is 80.0 Å². The highest BCUT2D eigenvalue weighted by Crippen LogP contribution is 2.55. The van der Waals surface area contributed by atoms with Gasteiger partial charge in [-0.2, -0.15) is 0 Å². The molecule has 2 nitrogen and oxygen atoms in total. The Labute approximate surface area is 138 Å². The fourth-order valence-corrected chi connectivity index (χ4v) is 5.89. The maximum absolute atomic E-state index is 5.53. The predicted octanol–water partition coefficient (Wildman–Crippen LogP) is 5.01. The Morgan fingerprint density at radius 1 is 0.957 bits per heavy atom. The van der Waals surface area contributed by atoms with E-state index in [1.54, 1.807) is 6.26 Å². The Bertz CT molecular complexity index is 652. The first-order valence-corrected chi connectivity index (χ1v) is 9.16. The van der Waals surface area contributed by atoms with Gasteiger partial charge < -0.3 is 9.73 Å². The lowest BCUT2D eigenvalue weighted by atomic mass is 9.53. The monoisotopic (exact) mass is 307 g/mol. The minimum absolute atomic E-state index is 0.440. The number of rotatable bonds is 4. The lowest BCUT2D eigenvalue weighted by Crippen LogP contribution is -2.58. The molecule has 4 fully saturated rings. The first kappa shape index (κ1) is 13.9. The van der Waals surface area contributed by atoms with Crippen LogP contribution in [0, 0.1) is 17.8 Å². The summed E-state index contributed by atoms with van der Waals surface area (Å²) in [5.41, 5.74) is 2.99. The van der Waals surface area contributed by atoms with E-state index in [0.717, 1.165) is 30.1 Å². The number of hydrogen-bond donors (Lipinski definition) is 1. The largest absolute Gasteiger partial charge is 0.464 e. The molecular formula is C21H25NO. The Balaban J connectivity index is 1.32. The lowest BCUT2D eigenvalue weighted by Gasteiger charge is -2.57. The summed E-state index contributed by atoms with van der Waals surface area (Å²) in [6.45, 7) is 0.987. The minimum Gasteiger partial charge on any atom is -0.464 e. The molecule has 1 aromatic heterocycles. The molecule has 4 aliphatic carbocycles. The van der Waals surface area contributed by atoms with Crippen molar-refractivity contribution in [2.75, 3.05) is 0 Å². The summed E-state index contributed by atoms with van der Waals surface area (Å²) < 4.78 is 5.53. The normalized spacial score (nSPS) is 34.9. The summed E-state index contributed by atoms with van der Waals surface area (Å²) in [4.78, 5) is 0. The Morgan fingerprint density at radius 3 is 2.35 bits per heavy atom. The molecular weight excluding hydrogens is 282 g/mol. The molecule has 4 bridgehead atoms. The van der Waals surface area contributed by atoms with Crippen molar-refractivity contribution >= 4 is 0 Å². The van der Waals surface area contributed by atoms with Crippen LogP contribution in [0.4, 0.5) is 0 Å². The van der Waals surface area contributed by atoms with Crippen LogP contribution in [0.2, 0.25) is 0 Å². The third kappa shape index (κ3) is 2.53. The summed E-state index contributed by atoms with van der Waals surface area (Å²) in [6, 6.07) is 12.8. The second-order valence-corrected chi connectivity index (χ2v) is 8.23. The van der Waals surface area contributed by atoms with E-state index in [-0.39, 0.29) is 0 Å². The zero-order valence-electron chi connectivity index (χ0n) is 13.6. The van der Waals surface area contributed by atoms with Gasteiger partial charge in [-0.25, -0.2) is 0 Å². The van der Waals surface area contributed by atoms with Gasteiger partial charge in [0.15, 0.2) is 0 Å². The zero-order valence-corrected chi connectivity index (χ0v) is 13.6. The molecule has 0 saturated heterocycles. The van der Waals surface area contributed by atoms with Gasteiger partial charge in [-0.15, -0.1) is 0 Å². The van der Waals surface area contributed by atoms with Crippen molar-refractivity contribution < 1.29 is 4.42 Å². The molecule has 1 aromatic carbocycles. The van der Waals surface area contributed by atoms with Gasteiger partial charge in [0.05, 0.1) is 6.26 Å². The molecule has 0 unspecified atom stereocenters. The molecule has 23 heavy (non-hydrogen) atoms. The highest BCUT2D eigenvalue weighted by Gasteiger charge is 2.50. The first-order valence-electron chi connectivity index (χ1n) is 9.16. The highest BCUT2D eigenvalue weighted by atomic mass is 16.3. The molecule has 0 radical (unpaired) electrons. The summed E-state index contributed by atoms with van der Waals surface area (Å²) in [6.07, 6.45) is 10.5.